The first-order chi connectivity index (χ1) is 9.70. The monoisotopic (exact) mass is 272 g/mol. The second-order valence-electron chi connectivity index (χ2n) is 4.16. The van der Waals surface area contributed by atoms with Crippen LogP contribution < -0.4 is 15.4 Å². The Morgan fingerprint density at radius 2 is 2.00 bits per heavy atom. The summed E-state index contributed by atoms with van der Waals surface area (Å²) in [6.45, 7) is 1.90. The van der Waals surface area contributed by atoms with E-state index in [0.29, 0.717) is 11.6 Å². The Bertz CT molecular complexity index is 574. The highest BCUT2D eigenvalue weighted by Gasteiger charge is 2.11. The average molecular weight is 272 g/mol. The van der Waals surface area contributed by atoms with E-state index in [9.17, 15) is 4.79 Å². The predicted octanol–water partition coefficient (Wildman–Crippen LogP) is 2.37. The third-order valence-electron chi connectivity index (χ3n) is 2.77. The maximum Gasteiger partial charge on any atom is 0.319 e. The fourth-order valence-electron chi connectivity index (χ4n) is 1.74. The van der Waals surface area contributed by atoms with Gasteiger partial charge in [0, 0.05) is 18.6 Å². The Hall–Kier alpha value is -2.63. The van der Waals surface area contributed by atoms with Gasteiger partial charge in [-0.25, -0.2) is 9.78 Å². The molecule has 20 heavy (non-hydrogen) atoms. The molecule has 0 unspecified atom stereocenters. The number of hydrogen-bond acceptors (Lipinski definition) is 4. The molecule has 0 aliphatic rings. The molecular weight excluding hydrogens is 256 g/mol. The normalized spacial score (nSPS) is 11.5. The van der Waals surface area contributed by atoms with Crippen LogP contribution in [0.5, 0.6) is 5.88 Å². The van der Waals surface area contributed by atoms with Crippen molar-refractivity contribution in [3.8, 4) is 5.88 Å². The molecule has 0 aliphatic carbocycles. The molecule has 0 aliphatic heterocycles. The summed E-state index contributed by atoms with van der Waals surface area (Å²) in [6.07, 6.45) is 4.98. The predicted molar refractivity (Wildman–Crippen MR) is 75.6 cm³/mol. The van der Waals surface area contributed by atoms with Crippen LogP contribution >= 0.6 is 0 Å². The number of urea groups is 1. The van der Waals surface area contributed by atoms with Gasteiger partial charge in [0.1, 0.15) is 5.69 Å². The van der Waals surface area contributed by atoms with Crippen molar-refractivity contribution in [2.45, 2.75) is 13.0 Å². The SMILES string of the molecule is COc1ncccc1NC(=O)N[C@H](C)c1ccncc1. The molecule has 0 spiro atoms. The van der Waals surface area contributed by atoms with E-state index in [2.05, 4.69) is 20.6 Å². The number of nitrogens with zero attached hydrogens (tertiary/aromatic N) is 2. The molecule has 0 aromatic carbocycles. The number of rotatable bonds is 4. The van der Waals surface area contributed by atoms with Crippen molar-refractivity contribution in [3.05, 3.63) is 48.4 Å². The Balaban J connectivity index is 1.99. The summed E-state index contributed by atoms with van der Waals surface area (Å²) in [5.41, 5.74) is 1.50. The van der Waals surface area contributed by atoms with E-state index in [0.717, 1.165) is 5.56 Å². The number of anilines is 1. The van der Waals surface area contributed by atoms with Gasteiger partial charge >= 0.3 is 6.03 Å². The molecule has 0 saturated heterocycles. The van der Waals surface area contributed by atoms with Crippen LogP contribution in [-0.4, -0.2) is 23.1 Å². The number of methoxy groups -OCH3 is 1. The van der Waals surface area contributed by atoms with Gasteiger partial charge in [-0.05, 0) is 36.8 Å². The molecule has 2 rings (SSSR count). The number of aromatic nitrogens is 2. The Kier molecular flexibility index (Phi) is 4.49. The molecule has 2 aromatic heterocycles. The van der Waals surface area contributed by atoms with Crippen molar-refractivity contribution < 1.29 is 9.53 Å². The lowest BCUT2D eigenvalue weighted by molar-refractivity contribution is 0.249. The molecular formula is C14H16N4O2. The molecule has 0 bridgehead atoms. The molecule has 104 valence electrons. The van der Waals surface area contributed by atoms with Crippen LogP contribution in [0.3, 0.4) is 0 Å². The van der Waals surface area contributed by atoms with E-state index in [1.54, 1.807) is 30.7 Å². The van der Waals surface area contributed by atoms with Crippen molar-refractivity contribution in [1.29, 1.82) is 0 Å². The minimum absolute atomic E-state index is 0.124. The van der Waals surface area contributed by atoms with Gasteiger partial charge in [0.2, 0.25) is 5.88 Å². The molecule has 6 nitrogen and oxygen atoms in total. The standard InChI is InChI=1S/C14H16N4O2/c1-10(11-5-8-15-9-6-11)17-14(19)18-12-4-3-7-16-13(12)20-2/h3-10H,1-2H3,(H2,17,18,19)/t10-/m1/s1. The summed E-state index contributed by atoms with van der Waals surface area (Å²) >= 11 is 0. The summed E-state index contributed by atoms with van der Waals surface area (Å²) in [4.78, 5) is 19.9. The maximum atomic E-state index is 11.9. The van der Waals surface area contributed by atoms with Crippen LogP contribution in [0, 0.1) is 0 Å². The van der Waals surface area contributed by atoms with E-state index < -0.39 is 0 Å². The molecule has 0 radical (unpaired) electrons. The van der Waals surface area contributed by atoms with Crippen LogP contribution in [0.1, 0.15) is 18.5 Å². The lowest BCUT2D eigenvalue weighted by atomic mass is 10.1. The van der Waals surface area contributed by atoms with Crippen molar-refractivity contribution in [1.82, 2.24) is 15.3 Å². The fraction of sp³-hybridized carbons (Fsp3) is 0.214. The number of ether oxygens (including phenoxy) is 1. The zero-order valence-corrected chi connectivity index (χ0v) is 11.3. The summed E-state index contributed by atoms with van der Waals surface area (Å²) in [6, 6.07) is 6.72. The zero-order chi connectivity index (χ0) is 14.4. The van der Waals surface area contributed by atoms with Gasteiger partial charge in [0.15, 0.2) is 0 Å². The van der Waals surface area contributed by atoms with Gasteiger partial charge in [-0.1, -0.05) is 0 Å². The highest BCUT2D eigenvalue weighted by molar-refractivity contribution is 5.90. The maximum absolute atomic E-state index is 11.9. The summed E-state index contributed by atoms with van der Waals surface area (Å²) < 4.78 is 5.07. The third-order valence-corrected chi connectivity index (χ3v) is 2.77. The van der Waals surface area contributed by atoms with E-state index in [1.165, 1.54) is 7.11 Å². The lowest BCUT2D eigenvalue weighted by Gasteiger charge is -2.15. The number of pyridine rings is 2. The first-order valence-electron chi connectivity index (χ1n) is 6.17. The second-order valence-corrected chi connectivity index (χ2v) is 4.16. The van der Waals surface area contributed by atoms with Crippen LogP contribution in [0.4, 0.5) is 10.5 Å². The van der Waals surface area contributed by atoms with Gasteiger partial charge < -0.3 is 15.4 Å². The minimum Gasteiger partial charge on any atom is -0.480 e. The molecule has 0 fully saturated rings. The number of nitrogens with one attached hydrogen (secondary N) is 2. The van der Waals surface area contributed by atoms with Crippen LogP contribution in [0.15, 0.2) is 42.9 Å². The van der Waals surface area contributed by atoms with Gasteiger partial charge in [0.05, 0.1) is 13.2 Å². The van der Waals surface area contributed by atoms with Crippen LogP contribution in [-0.2, 0) is 0 Å². The number of carbonyl (C=O) groups excluding carboxylic acids is 1. The van der Waals surface area contributed by atoms with Crippen molar-refractivity contribution in [2.75, 3.05) is 12.4 Å². The molecule has 2 N–H and O–H groups in total. The van der Waals surface area contributed by atoms with E-state index in [-0.39, 0.29) is 12.1 Å². The topological polar surface area (TPSA) is 76.1 Å². The average Bonchev–Trinajstić information content (AvgIpc) is 2.48. The summed E-state index contributed by atoms with van der Waals surface area (Å²) in [5.74, 6) is 0.374. The minimum atomic E-state index is -0.319. The fourth-order valence-corrected chi connectivity index (χ4v) is 1.74. The molecule has 2 aromatic rings. The van der Waals surface area contributed by atoms with Gasteiger partial charge in [-0.15, -0.1) is 0 Å². The highest BCUT2D eigenvalue weighted by atomic mass is 16.5. The first-order valence-corrected chi connectivity index (χ1v) is 6.17. The van der Waals surface area contributed by atoms with Gasteiger partial charge in [-0.2, -0.15) is 0 Å². The Labute approximate surface area is 117 Å². The Morgan fingerprint density at radius 1 is 1.25 bits per heavy atom. The van der Waals surface area contributed by atoms with Gasteiger partial charge in [-0.3, -0.25) is 4.98 Å². The lowest BCUT2D eigenvalue weighted by Crippen LogP contribution is -2.31. The van der Waals surface area contributed by atoms with E-state index in [1.807, 2.05) is 19.1 Å². The number of carbonyl (C=O) groups is 1. The third kappa shape index (κ3) is 3.44. The van der Waals surface area contributed by atoms with E-state index >= 15 is 0 Å². The second kappa shape index (κ2) is 6.51. The van der Waals surface area contributed by atoms with Crippen LogP contribution in [0.25, 0.3) is 0 Å². The zero-order valence-electron chi connectivity index (χ0n) is 11.3. The first kappa shape index (κ1) is 13.8. The van der Waals surface area contributed by atoms with E-state index in [4.69, 9.17) is 4.74 Å². The summed E-state index contributed by atoms with van der Waals surface area (Å²) in [5, 5.41) is 5.54. The quantitative estimate of drug-likeness (QED) is 0.895. The number of amides is 2. The van der Waals surface area contributed by atoms with Crippen molar-refractivity contribution in [2.24, 2.45) is 0 Å². The Morgan fingerprint density at radius 3 is 2.70 bits per heavy atom. The van der Waals surface area contributed by atoms with Gasteiger partial charge in [0.25, 0.3) is 0 Å². The number of hydrogen-bond donors (Lipinski definition) is 2. The molecule has 6 heteroatoms. The van der Waals surface area contributed by atoms with Crippen molar-refractivity contribution in [3.63, 3.8) is 0 Å². The molecule has 2 heterocycles. The largest absolute Gasteiger partial charge is 0.480 e. The molecule has 2 amide bonds. The molecule has 1 atom stereocenters. The highest BCUT2D eigenvalue weighted by Crippen LogP contribution is 2.20. The molecule has 0 saturated carbocycles. The summed E-state index contributed by atoms with van der Waals surface area (Å²) in [7, 11) is 1.50. The van der Waals surface area contributed by atoms with Crippen molar-refractivity contribution >= 4 is 11.7 Å². The van der Waals surface area contributed by atoms with Crippen LogP contribution in [0.2, 0.25) is 0 Å². The smallest absolute Gasteiger partial charge is 0.319 e.